The summed E-state index contributed by atoms with van der Waals surface area (Å²) in [6.07, 6.45) is 1.51. The summed E-state index contributed by atoms with van der Waals surface area (Å²) in [5.74, 6) is 0.0884. The Hall–Kier alpha value is -3.24. The number of hydrogen-bond donors (Lipinski definition) is 1. The first kappa shape index (κ1) is 20.0. The van der Waals surface area contributed by atoms with Gasteiger partial charge in [-0.05, 0) is 41.3 Å². The molecule has 0 amide bonds. The summed E-state index contributed by atoms with van der Waals surface area (Å²) in [7, 11) is 4.06. The van der Waals surface area contributed by atoms with Crippen molar-refractivity contribution in [2.24, 2.45) is 0 Å². The number of fused-ring (bicyclic) bond motifs is 1. The van der Waals surface area contributed by atoms with Crippen molar-refractivity contribution in [1.82, 2.24) is 0 Å². The quantitative estimate of drug-likeness (QED) is 0.450. The van der Waals surface area contributed by atoms with E-state index in [1.807, 2.05) is 56.6 Å². The predicted molar refractivity (Wildman–Crippen MR) is 124 cm³/mol. The molecule has 1 atom stereocenters. The molecule has 0 saturated heterocycles. The van der Waals surface area contributed by atoms with E-state index in [0.717, 1.165) is 29.5 Å². The van der Waals surface area contributed by atoms with E-state index in [1.165, 1.54) is 9.98 Å². The van der Waals surface area contributed by atoms with Gasteiger partial charge >= 0.3 is 0 Å². The number of aliphatic hydroxyl groups excluding tert-OH is 1. The summed E-state index contributed by atoms with van der Waals surface area (Å²) < 4.78 is 1.39. The second-order valence-corrected chi connectivity index (χ2v) is 7.94. The molecule has 1 aliphatic heterocycles. The van der Waals surface area contributed by atoms with E-state index < -0.39 is 6.04 Å². The molecule has 4 nitrogen and oxygen atoms in total. The number of carbonyl (C=O) groups excluding carboxylic acids is 1. The Morgan fingerprint density at radius 1 is 1.03 bits per heavy atom. The fourth-order valence-corrected chi connectivity index (χ4v) is 4.29. The average molecular weight is 419 g/mol. The molecule has 0 aromatic heterocycles. The van der Waals surface area contributed by atoms with Gasteiger partial charge in [-0.2, -0.15) is 0 Å². The van der Waals surface area contributed by atoms with Crippen LogP contribution in [0.2, 0.25) is 0 Å². The third-order valence-corrected chi connectivity index (χ3v) is 5.81. The topological polar surface area (TPSA) is 43.8 Å². The first-order valence-corrected chi connectivity index (χ1v) is 10.1. The van der Waals surface area contributed by atoms with Crippen molar-refractivity contribution in [3.63, 3.8) is 0 Å². The van der Waals surface area contributed by atoms with E-state index in [-0.39, 0.29) is 5.76 Å². The maximum Gasteiger partial charge on any atom is 0.148 e. The van der Waals surface area contributed by atoms with Crippen molar-refractivity contribution in [3.05, 3.63) is 95.1 Å². The highest BCUT2D eigenvalue weighted by molar-refractivity contribution is 6.30. The van der Waals surface area contributed by atoms with Crippen LogP contribution >= 0.6 is 11.8 Å². The third kappa shape index (κ3) is 3.55. The first-order chi connectivity index (χ1) is 14.5. The summed E-state index contributed by atoms with van der Waals surface area (Å²) in [5.41, 5.74) is 5.99. The Morgan fingerprint density at radius 3 is 2.53 bits per heavy atom. The van der Waals surface area contributed by atoms with E-state index in [9.17, 15) is 9.90 Å². The van der Waals surface area contributed by atoms with Gasteiger partial charge in [-0.1, -0.05) is 54.6 Å². The maximum absolute atomic E-state index is 11.9. The van der Waals surface area contributed by atoms with Gasteiger partial charge in [0, 0.05) is 42.7 Å². The second kappa shape index (κ2) is 8.25. The number of rotatable bonds is 5. The Balaban J connectivity index is 1.78. The summed E-state index contributed by atoms with van der Waals surface area (Å²) >= 11 is 6.50. The molecule has 152 valence electrons. The Bertz CT molecular complexity index is 1120. The molecule has 0 radical (unpaired) electrons. The molecule has 0 saturated carbocycles. The lowest BCUT2D eigenvalue weighted by molar-refractivity contribution is -0.107. The molecule has 1 heterocycles. The van der Waals surface area contributed by atoms with Crippen LogP contribution in [0.15, 0.2) is 72.8 Å². The van der Waals surface area contributed by atoms with Gasteiger partial charge in [0.15, 0.2) is 0 Å². The van der Waals surface area contributed by atoms with Gasteiger partial charge in [-0.3, -0.25) is 4.42 Å². The standard InChI is InChI=1S/C25H23ClN2O2/c1-27(2)21-12-5-3-9-18(21)14-17-8-7-10-19(15-17)24-23(16-29)28(26)22-13-6-4-11-20(22)25(24)30/h3-13,15-16,23,30H,14H2,1-2H3. The second-order valence-electron chi connectivity index (χ2n) is 7.57. The molecule has 5 heteroatoms. The molecule has 0 spiro atoms. The van der Waals surface area contributed by atoms with Crippen molar-refractivity contribution in [3.8, 4) is 0 Å². The summed E-state index contributed by atoms with van der Waals surface area (Å²) in [6.45, 7) is 0. The van der Waals surface area contributed by atoms with Crippen LogP contribution in [0.4, 0.5) is 11.4 Å². The van der Waals surface area contributed by atoms with Gasteiger partial charge in [0.2, 0.25) is 0 Å². The van der Waals surface area contributed by atoms with Crippen LogP contribution < -0.4 is 9.32 Å². The average Bonchev–Trinajstić information content (AvgIpc) is 2.76. The van der Waals surface area contributed by atoms with Crippen LogP contribution in [0.25, 0.3) is 11.3 Å². The van der Waals surface area contributed by atoms with Crippen molar-refractivity contribution in [1.29, 1.82) is 0 Å². The molecular formula is C25H23ClN2O2. The van der Waals surface area contributed by atoms with Crippen LogP contribution in [-0.2, 0) is 11.2 Å². The number of carbonyl (C=O) groups is 1. The fourth-order valence-electron chi connectivity index (χ4n) is 4.00. The Morgan fingerprint density at radius 2 is 1.77 bits per heavy atom. The monoisotopic (exact) mass is 418 g/mol. The van der Waals surface area contributed by atoms with Gasteiger partial charge in [-0.25, -0.2) is 0 Å². The normalized spacial score (nSPS) is 15.7. The highest BCUT2D eigenvalue weighted by atomic mass is 35.5. The number of nitrogens with zero attached hydrogens (tertiary/aromatic N) is 2. The molecule has 0 aliphatic carbocycles. The van der Waals surface area contributed by atoms with E-state index in [4.69, 9.17) is 11.8 Å². The van der Waals surface area contributed by atoms with Crippen LogP contribution in [0.5, 0.6) is 0 Å². The third-order valence-electron chi connectivity index (χ3n) is 5.42. The molecule has 0 fully saturated rings. The first-order valence-electron chi connectivity index (χ1n) is 9.78. The van der Waals surface area contributed by atoms with Gasteiger partial charge in [0.1, 0.15) is 18.1 Å². The Labute approximate surface area is 181 Å². The minimum Gasteiger partial charge on any atom is -0.507 e. The van der Waals surface area contributed by atoms with Gasteiger partial charge in [0.05, 0.1) is 5.69 Å². The van der Waals surface area contributed by atoms with Crippen molar-refractivity contribution in [2.75, 3.05) is 23.4 Å². The molecule has 3 aromatic carbocycles. The van der Waals surface area contributed by atoms with Crippen LogP contribution in [-0.4, -0.2) is 31.5 Å². The number of hydrogen-bond acceptors (Lipinski definition) is 4. The molecule has 1 unspecified atom stereocenters. The van der Waals surface area contributed by atoms with Crippen molar-refractivity contribution >= 4 is 40.8 Å². The smallest absolute Gasteiger partial charge is 0.148 e. The molecule has 30 heavy (non-hydrogen) atoms. The van der Waals surface area contributed by atoms with Gasteiger partial charge in [0.25, 0.3) is 0 Å². The number of halogens is 1. The SMILES string of the molecule is CN(C)c1ccccc1Cc1cccc(C2=C(O)c3ccccc3N(Cl)C2C=O)c1. The van der Waals surface area contributed by atoms with Crippen LogP contribution in [0.1, 0.15) is 22.3 Å². The zero-order chi connectivity index (χ0) is 21.3. The lowest BCUT2D eigenvalue weighted by Crippen LogP contribution is -2.34. The van der Waals surface area contributed by atoms with Crippen LogP contribution in [0, 0.1) is 0 Å². The lowest BCUT2D eigenvalue weighted by atomic mass is 9.89. The fraction of sp³-hybridized carbons (Fsp3) is 0.160. The summed E-state index contributed by atoms with van der Waals surface area (Å²) in [5, 5.41) is 11.0. The van der Waals surface area contributed by atoms with E-state index in [2.05, 4.69) is 23.1 Å². The number of anilines is 2. The predicted octanol–water partition coefficient (Wildman–Crippen LogP) is 5.31. The summed E-state index contributed by atoms with van der Waals surface area (Å²) in [6, 6.07) is 22.7. The minimum absolute atomic E-state index is 0.0884. The molecule has 1 aliphatic rings. The maximum atomic E-state index is 11.9. The lowest BCUT2D eigenvalue weighted by Gasteiger charge is -2.32. The van der Waals surface area contributed by atoms with Crippen LogP contribution in [0.3, 0.4) is 0 Å². The molecule has 0 bridgehead atoms. The largest absolute Gasteiger partial charge is 0.507 e. The molecule has 3 aromatic rings. The molecule has 1 N–H and O–H groups in total. The highest BCUT2D eigenvalue weighted by Gasteiger charge is 2.33. The van der Waals surface area contributed by atoms with Crippen molar-refractivity contribution < 1.29 is 9.90 Å². The number of para-hydroxylation sites is 2. The Kier molecular flexibility index (Phi) is 5.51. The minimum atomic E-state index is -0.772. The van der Waals surface area contributed by atoms with Gasteiger partial charge < -0.3 is 14.8 Å². The van der Waals surface area contributed by atoms with Gasteiger partial charge in [-0.15, -0.1) is 0 Å². The number of benzene rings is 3. The number of aldehydes is 1. The zero-order valence-corrected chi connectivity index (χ0v) is 17.7. The van der Waals surface area contributed by atoms with E-state index in [0.29, 0.717) is 16.8 Å². The van der Waals surface area contributed by atoms with E-state index in [1.54, 1.807) is 12.1 Å². The van der Waals surface area contributed by atoms with Crippen molar-refractivity contribution in [2.45, 2.75) is 12.5 Å². The number of aliphatic hydroxyl groups is 1. The molecular weight excluding hydrogens is 396 g/mol. The highest BCUT2D eigenvalue weighted by Crippen LogP contribution is 2.41. The summed E-state index contributed by atoms with van der Waals surface area (Å²) in [4.78, 5) is 14.0. The van der Waals surface area contributed by atoms with E-state index >= 15 is 0 Å². The molecule has 4 rings (SSSR count). The zero-order valence-electron chi connectivity index (χ0n) is 16.9.